The van der Waals surface area contributed by atoms with Gasteiger partial charge in [0.05, 0.1) is 6.04 Å². The molecule has 0 aromatic rings. The van der Waals surface area contributed by atoms with Crippen LogP contribution in [0.1, 0.15) is 39.0 Å². The summed E-state index contributed by atoms with van der Waals surface area (Å²) in [4.78, 5) is 14.0. The molecule has 1 saturated heterocycles. The molecule has 1 aliphatic heterocycles. The van der Waals surface area contributed by atoms with Gasteiger partial charge in [0.25, 0.3) is 0 Å². The zero-order chi connectivity index (χ0) is 11.4. The van der Waals surface area contributed by atoms with Crippen LogP contribution >= 0.6 is 0 Å². The van der Waals surface area contributed by atoms with Crippen molar-refractivity contribution >= 4 is 5.91 Å². The number of hydrogen-bond acceptors (Lipinski definition) is 2. The van der Waals surface area contributed by atoms with E-state index in [0.29, 0.717) is 6.04 Å². The van der Waals surface area contributed by atoms with E-state index < -0.39 is 0 Å². The number of hydrogen-bond donors (Lipinski definition) is 1. The van der Waals surface area contributed by atoms with Crippen molar-refractivity contribution < 1.29 is 4.79 Å². The number of likely N-dealkylation sites (tertiary alicyclic amines) is 1. The lowest BCUT2D eigenvalue weighted by Gasteiger charge is -2.25. The Bertz CT molecular complexity index is 269. The van der Waals surface area contributed by atoms with Crippen molar-refractivity contribution in [2.24, 2.45) is 0 Å². The lowest BCUT2D eigenvalue weighted by atomic mass is 10.0. The van der Waals surface area contributed by atoms with Gasteiger partial charge in [-0.25, -0.2) is 0 Å². The number of carbonyl (C=O) groups is 1. The molecule has 2 atom stereocenters. The van der Waals surface area contributed by atoms with Crippen LogP contribution in [0.4, 0.5) is 0 Å². The van der Waals surface area contributed by atoms with E-state index in [1.807, 2.05) is 11.8 Å². The Labute approximate surface area is 97.9 Å². The maximum atomic E-state index is 12.1. The van der Waals surface area contributed by atoms with Crippen molar-refractivity contribution in [2.75, 3.05) is 13.1 Å². The summed E-state index contributed by atoms with van der Waals surface area (Å²) in [5.41, 5.74) is 0. The van der Waals surface area contributed by atoms with Crippen molar-refractivity contribution in [1.29, 1.82) is 0 Å². The minimum Gasteiger partial charge on any atom is -0.341 e. The van der Waals surface area contributed by atoms with Crippen LogP contribution < -0.4 is 5.32 Å². The summed E-state index contributed by atoms with van der Waals surface area (Å²) in [5, 5.41) is 3.42. The summed E-state index contributed by atoms with van der Waals surface area (Å²) < 4.78 is 0. The highest BCUT2D eigenvalue weighted by Crippen LogP contribution is 2.13. The van der Waals surface area contributed by atoms with E-state index in [1.165, 1.54) is 25.7 Å². The second-order valence-electron chi connectivity index (χ2n) is 4.89. The molecule has 3 heteroatoms. The van der Waals surface area contributed by atoms with E-state index in [1.54, 1.807) is 0 Å². The van der Waals surface area contributed by atoms with Crippen molar-refractivity contribution in [2.45, 2.75) is 51.1 Å². The molecule has 1 amide bonds. The van der Waals surface area contributed by atoms with Crippen LogP contribution in [0.3, 0.4) is 0 Å². The number of amides is 1. The highest BCUT2D eigenvalue weighted by molar-refractivity contribution is 5.81. The van der Waals surface area contributed by atoms with E-state index in [4.69, 9.17) is 0 Å². The highest BCUT2D eigenvalue weighted by Gasteiger charge is 2.24. The molecule has 0 aromatic heterocycles. The Morgan fingerprint density at radius 2 is 2.12 bits per heavy atom. The molecular formula is C13H22N2O. The number of allylic oxidation sites excluding steroid dienone is 1. The molecule has 1 N–H and O–H groups in total. The Morgan fingerprint density at radius 1 is 1.38 bits per heavy atom. The Morgan fingerprint density at radius 3 is 2.75 bits per heavy atom. The lowest BCUT2D eigenvalue weighted by Crippen LogP contribution is -2.47. The van der Waals surface area contributed by atoms with Gasteiger partial charge in [0.1, 0.15) is 0 Å². The molecule has 0 spiro atoms. The fraction of sp³-hybridized carbons (Fsp3) is 0.769. The third-order valence-corrected chi connectivity index (χ3v) is 3.51. The molecule has 1 fully saturated rings. The zero-order valence-electron chi connectivity index (χ0n) is 10.1. The molecule has 16 heavy (non-hydrogen) atoms. The fourth-order valence-electron chi connectivity index (χ4n) is 2.56. The number of carbonyl (C=O) groups excluding carboxylic acids is 1. The molecule has 1 heterocycles. The van der Waals surface area contributed by atoms with Crippen molar-refractivity contribution in [3.8, 4) is 0 Å². The highest BCUT2D eigenvalue weighted by atomic mass is 16.2. The van der Waals surface area contributed by atoms with Crippen LogP contribution in [0.2, 0.25) is 0 Å². The van der Waals surface area contributed by atoms with E-state index in [9.17, 15) is 4.79 Å². The lowest BCUT2D eigenvalue weighted by molar-refractivity contribution is -0.132. The summed E-state index contributed by atoms with van der Waals surface area (Å²) in [6.07, 6.45) is 10.3. The summed E-state index contributed by atoms with van der Waals surface area (Å²) in [7, 11) is 0. The molecule has 2 unspecified atom stereocenters. The molecule has 0 aromatic carbocycles. The topological polar surface area (TPSA) is 32.3 Å². The zero-order valence-corrected chi connectivity index (χ0v) is 10.1. The molecule has 2 aliphatic rings. The average Bonchev–Trinajstić information content (AvgIpc) is 2.83. The van der Waals surface area contributed by atoms with Crippen molar-refractivity contribution in [3.05, 3.63) is 12.2 Å². The van der Waals surface area contributed by atoms with Gasteiger partial charge < -0.3 is 4.90 Å². The summed E-state index contributed by atoms with van der Waals surface area (Å²) >= 11 is 0. The molecule has 0 radical (unpaired) electrons. The fourth-order valence-corrected chi connectivity index (χ4v) is 2.56. The second kappa shape index (κ2) is 5.48. The first-order valence-corrected chi connectivity index (χ1v) is 6.49. The Kier molecular flexibility index (Phi) is 3.99. The minimum absolute atomic E-state index is 0.0363. The molecule has 0 saturated carbocycles. The Balaban J connectivity index is 1.81. The quantitative estimate of drug-likeness (QED) is 0.737. The number of rotatable bonds is 3. The minimum atomic E-state index is -0.0363. The van der Waals surface area contributed by atoms with Crippen LogP contribution in [0.25, 0.3) is 0 Å². The predicted octanol–water partition coefficient (Wildman–Crippen LogP) is 1.70. The predicted molar refractivity (Wildman–Crippen MR) is 65.2 cm³/mol. The van der Waals surface area contributed by atoms with Crippen molar-refractivity contribution in [3.63, 3.8) is 0 Å². The smallest absolute Gasteiger partial charge is 0.239 e. The van der Waals surface area contributed by atoms with Gasteiger partial charge in [-0.05, 0) is 39.0 Å². The van der Waals surface area contributed by atoms with Crippen LogP contribution in [0, 0.1) is 0 Å². The van der Waals surface area contributed by atoms with Crippen molar-refractivity contribution in [1.82, 2.24) is 10.2 Å². The molecule has 1 aliphatic carbocycles. The third kappa shape index (κ3) is 2.85. The molecule has 3 nitrogen and oxygen atoms in total. The maximum absolute atomic E-state index is 12.1. The normalized spacial score (nSPS) is 27.1. The van der Waals surface area contributed by atoms with Crippen LogP contribution in [-0.4, -0.2) is 36.0 Å². The number of nitrogens with one attached hydrogen (secondary N) is 1. The standard InChI is InChI=1S/C13H22N2O/c1-11(13(16)15-9-5-6-10-15)14-12-7-3-2-4-8-12/h3,7,11-12,14H,2,4-6,8-10H2,1H3. The van der Waals surface area contributed by atoms with Crippen LogP contribution in [0.15, 0.2) is 12.2 Å². The van der Waals surface area contributed by atoms with Gasteiger partial charge >= 0.3 is 0 Å². The largest absolute Gasteiger partial charge is 0.341 e. The van der Waals surface area contributed by atoms with Gasteiger partial charge in [-0.3, -0.25) is 10.1 Å². The van der Waals surface area contributed by atoms with E-state index in [0.717, 1.165) is 19.5 Å². The van der Waals surface area contributed by atoms with E-state index >= 15 is 0 Å². The van der Waals surface area contributed by atoms with E-state index in [2.05, 4.69) is 17.5 Å². The van der Waals surface area contributed by atoms with Gasteiger partial charge in [0, 0.05) is 19.1 Å². The molecular weight excluding hydrogens is 200 g/mol. The third-order valence-electron chi connectivity index (χ3n) is 3.51. The first-order valence-electron chi connectivity index (χ1n) is 6.49. The molecule has 0 bridgehead atoms. The van der Waals surface area contributed by atoms with Crippen LogP contribution in [0.5, 0.6) is 0 Å². The summed E-state index contributed by atoms with van der Waals surface area (Å²) in [6.45, 7) is 3.89. The van der Waals surface area contributed by atoms with E-state index in [-0.39, 0.29) is 11.9 Å². The van der Waals surface area contributed by atoms with Gasteiger partial charge in [-0.1, -0.05) is 12.2 Å². The van der Waals surface area contributed by atoms with Gasteiger partial charge in [0.15, 0.2) is 0 Å². The molecule has 90 valence electrons. The van der Waals surface area contributed by atoms with Gasteiger partial charge in [-0.15, -0.1) is 0 Å². The van der Waals surface area contributed by atoms with Gasteiger partial charge in [-0.2, -0.15) is 0 Å². The van der Waals surface area contributed by atoms with Crippen LogP contribution in [-0.2, 0) is 4.79 Å². The maximum Gasteiger partial charge on any atom is 0.239 e. The Hall–Kier alpha value is -0.830. The SMILES string of the molecule is CC(NC1C=CCCC1)C(=O)N1CCCC1. The first kappa shape index (κ1) is 11.6. The summed E-state index contributed by atoms with van der Waals surface area (Å²) in [5.74, 6) is 0.275. The monoisotopic (exact) mass is 222 g/mol. The summed E-state index contributed by atoms with van der Waals surface area (Å²) in [6, 6.07) is 0.362. The first-order chi connectivity index (χ1) is 7.77. The number of nitrogens with zero attached hydrogens (tertiary/aromatic N) is 1. The average molecular weight is 222 g/mol. The molecule has 2 rings (SSSR count). The second-order valence-corrected chi connectivity index (χ2v) is 4.89. The van der Waals surface area contributed by atoms with Gasteiger partial charge in [0.2, 0.25) is 5.91 Å².